The van der Waals surface area contributed by atoms with E-state index in [9.17, 15) is 9.90 Å². The highest BCUT2D eigenvalue weighted by Gasteiger charge is 2.13. The van der Waals surface area contributed by atoms with Crippen molar-refractivity contribution in [2.24, 2.45) is 0 Å². The molecule has 0 aliphatic heterocycles. The van der Waals surface area contributed by atoms with Crippen LogP contribution < -0.4 is 10.6 Å². The van der Waals surface area contributed by atoms with Gasteiger partial charge in [-0.1, -0.05) is 12.1 Å². The Morgan fingerprint density at radius 2 is 2.04 bits per heavy atom. The van der Waals surface area contributed by atoms with Crippen molar-refractivity contribution in [3.63, 3.8) is 0 Å². The summed E-state index contributed by atoms with van der Waals surface area (Å²) >= 11 is 4.97. The monoisotopic (exact) mass is 327 g/mol. The molecule has 0 aliphatic rings. The Kier molecular flexibility index (Phi) is 3.94. The van der Waals surface area contributed by atoms with Gasteiger partial charge in [0.15, 0.2) is 10.7 Å². The average Bonchev–Trinajstić information content (AvgIpc) is 2.89. The first-order chi connectivity index (χ1) is 11.0. The number of thiocarbonyl (C=S) groups is 1. The maximum atomic E-state index is 10.9. The van der Waals surface area contributed by atoms with Crippen LogP contribution in [0.5, 0.6) is 5.75 Å². The number of hydrogen-bond acceptors (Lipinski definition) is 5. The number of para-hydroxylation sites is 2. The van der Waals surface area contributed by atoms with Crippen LogP contribution >= 0.6 is 12.2 Å². The molecular formula is C16H13N3O3S. The van der Waals surface area contributed by atoms with Gasteiger partial charge in [0.05, 0.1) is 5.56 Å². The second-order valence-corrected chi connectivity index (χ2v) is 5.26. The van der Waals surface area contributed by atoms with Gasteiger partial charge in [-0.2, -0.15) is 0 Å². The van der Waals surface area contributed by atoms with Crippen LogP contribution in [0.15, 0.2) is 46.9 Å². The van der Waals surface area contributed by atoms with Crippen LogP contribution in [0.4, 0.5) is 5.69 Å². The number of hydrogen-bond donors (Lipinski definition) is 3. The SMILES string of the molecule is CC(=O)NC(=S)Nc1ccc(-c2nc3ccccc3o2)c(O)c1. The molecule has 0 aliphatic carbocycles. The summed E-state index contributed by atoms with van der Waals surface area (Å²) in [5.41, 5.74) is 2.38. The van der Waals surface area contributed by atoms with E-state index in [-0.39, 0.29) is 16.8 Å². The number of nitrogens with one attached hydrogen (secondary N) is 2. The summed E-state index contributed by atoms with van der Waals surface area (Å²) in [6.07, 6.45) is 0. The number of carbonyl (C=O) groups excluding carboxylic acids is 1. The number of carbonyl (C=O) groups is 1. The molecule has 0 bridgehead atoms. The zero-order valence-corrected chi connectivity index (χ0v) is 13.0. The van der Waals surface area contributed by atoms with Gasteiger partial charge in [-0.15, -0.1) is 0 Å². The van der Waals surface area contributed by atoms with Crippen molar-refractivity contribution < 1.29 is 14.3 Å². The number of aromatic hydroxyl groups is 1. The predicted octanol–water partition coefficient (Wildman–Crippen LogP) is 3.03. The van der Waals surface area contributed by atoms with Gasteiger partial charge in [0.1, 0.15) is 11.3 Å². The third-order valence-electron chi connectivity index (χ3n) is 3.07. The van der Waals surface area contributed by atoms with E-state index >= 15 is 0 Å². The minimum absolute atomic E-state index is 0.00724. The highest BCUT2D eigenvalue weighted by Crippen LogP contribution is 2.32. The summed E-state index contributed by atoms with van der Waals surface area (Å²) in [7, 11) is 0. The smallest absolute Gasteiger partial charge is 0.231 e. The lowest BCUT2D eigenvalue weighted by Gasteiger charge is -2.09. The van der Waals surface area contributed by atoms with Crippen LogP contribution in [-0.2, 0) is 4.79 Å². The maximum absolute atomic E-state index is 10.9. The van der Waals surface area contributed by atoms with E-state index in [4.69, 9.17) is 16.6 Å². The summed E-state index contributed by atoms with van der Waals surface area (Å²) in [6.45, 7) is 1.36. The van der Waals surface area contributed by atoms with Crippen molar-refractivity contribution in [1.82, 2.24) is 10.3 Å². The number of benzene rings is 2. The molecule has 116 valence electrons. The number of nitrogens with zero attached hydrogens (tertiary/aromatic N) is 1. The molecule has 7 heteroatoms. The first-order valence-corrected chi connectivity index (χ1v) is 7.21. The number of oxazole rings is 1. The lowest BCUT2D eigenvalue weighted by atomic mass is 10.2. The van der Waals surface area contributed by atoms with Crippen molar-refractivity contribution in [1.29, 1.82) is 0 Å². The largest absolute Gasteiger partial charge is 0.507 e. The molecule has 2 aromatic carbocycles. The molecule has 0 radical (unpaired) electrons. The second-order valence-electron chi connectivity index (χ2n) is 4.85. The molecule has 1 heterocycles. The average molecular weight is 327 g/mol. The fraction of sp³-hybridized carbons (Fsp3) is 0.0625. The van der Waals surface area contributed by atoms with Gasteiger partial charge < -0.3 is 20.2 Å². The van der Waals surface area contributed by atoms with E-state index < -0.39 is 0 Å². The van der Waals surface area contributed by atoms with E-state index in [0.717, 1.165) is 5.52 Å². The van der Waals surface area contributed by atoms with Crippen LogP contribution in [0.25, 0.3) is 22.6 Å². The molecule has 3 aromatic rings. The van der Waals surface area contributed by atoms with E-state index in [0.29, 0.717) is 22.7 Å². The molecule has 0 atom stereocenters. The Morgan fingerprint density at radius 1 is 1.26 bits per heavy atom. The topological polar surface area (TPSA) is 87.4 Å². The summed E-state index contributed by atoms with van der Waals surface area (Å²) in [5.74, 6) is 0.0571. The van der Waals surface area contributed by atoms with Crippen LogP contribution in [0, 0.1) is 0 Å². The number of aromatic nitrogens is 1. The first-order valence-electron chi connectivity index (χ1n) is 6.80. The van der Waals surface area contributed by atoms with Crippen molar-refractivity contribution in [3.05, 3.63) is 42.5 Å². The fourth-order valence-corrected chi connectivity index (χ4v) is 2.36. The van der Waals surface area contributed by atoms with E-state index in [1.807, 2.05) is 24.3 Å². The number of anilines is 1. The molecule has 0 fully saturated rings. The quantitative estimate of drug-likeness (QED) is 0.627. The van der Waals surface area contributed by atoms with Crippen molar-refractivity contribution in [2.75, 3.05) is 5.32 Å². The molecule has 6 nitrogen and oxygen atoms in total. The zero-order valence-electron chi connectivity index (χ0n) is 12.2. The molecule has 3 N–H and O–H groups in total. The van der Waals surface area contributed by atoms with E-state index in [2.05, 4.69) is 15.6 Å². The normalized spacial score (nSPS) is 10.5. The Balaban J connectivity index is 1.87. The minimum atomic E-state index is -0.269. The summed E-state index contributed by atoms with van der Waals surface area (Å²) in [6, 6.07) is 12.2. The third kappa shape index (κ3) is 3.29. The highest BCUT2D eigenvalue weighted by atomic mass is 32.1. The van der Waals surface area contributed by atoms with Gasteiger partial charge in [0.2, 0.25) is 11.8 Å². The standard InChI is InChI=1S/C16H13N3O3S/c1-9(20)17-16(23)18-10-6-7-11(13(21)8-10)15-19-12-4-2-3-5-14(12)22-15/h2-8,21H,1H3,(H2,17,18,20,23). The highest BCUT2D eigenvalue weighted by molar-refractivity contribution is 7.80. The summed E-state index contributed by atoms with van der Waals surface area (Å²) in [5, 5.41) is 15.6. The van der Waals surface area contributed by atoms with Gasteiger partial charge in [-0.25, -0.2) is 4.98 Å². The van der Waals surface area contributed by atoms with Gasteiger partial charge in [0.25, 0.3) is 0 Å². The lowest BCUT2D eigenvalue weighted by Crippen LogP contribution is -2.32. The zero-order chi connectivity index (χ0) is 16.4. The molecule has 3 rings (SSSR count). The van der Waals surface area contributed by atoms with Gasteiger partial charge in [0, 0.05) is 18.7 Å². The summed E-state index contributed by atoms with van der Waals surface area (Å²) < 4.78 is 5.63. The molecule has 0 spiro atoms. The molecule has 0 saturated heterocycles. The molecular weight excluding hydrogens is 314 g/mol. The van der Waals surface area contributed by atoms with Gasteiger partial charge in [-0.3, -0.25) is 4.79 Å². The van der Waals surface area contributed by atoms with Crippen molar-refractivity contribution in [2.45, 2.75) is 6.92 Å². The maximum Gasteiger partial charge on any atom is 0.231 e. The molecule has 1 aromatic heterocycles. The van der Waals surface area contributed by atoms with Crippen LogP contribution in [0.2, 0.25) is 0 Å². The minimum Gasteiger partial charge on any atom is -0.507 e. The van der Waals surface area contributed by atoms with Gasteiger partial charge in [-0.05, 0) is 36.5 Å². The Hall–Kier alpha value is -2.93. The Bertz CT molecular complexity index is 871. The molecule has 1 amide bonds. The number of amides is 1. The predicted molar refractivity (Wildman–Crippen MR) is 91.1 cm³/mol. The van der Waals surface area contributed by atoms with Gasteiger partial charge >= 0.3 is 0 Å². The van der Waals surface area contributed by atoms with Crippen LogP contribution in [0.1, 0.15) is 6.92 Å². The first kappa shape index (κ1) is 15.0. The van der Waals surface area contributed by atoms with Crippen molar-refractivity contribution in [3.8, 4) is 17.2 Å². The molecule has 0 unspecified atom stereocenters. The summed E-state index contributed by atoms with van der Waals surface area (Å²) in [4.78, 5) is 15.3. The van der Waals surface area contributed by atoms with Crippen LogP contribution in [0.3, 0.4) is 0 Å². The number of rotatable bonds is 2. The van der Waals surface area contributed by atoms with Crippen LogP contribution in [-0.4, -0.2) is 21.1 Å². The molecule has 23 heavy (non-hydrogen) atoms. The molecule has 0 saturated carbocycles. The second kappa shape index (κ2) is 6.05. The number of phenolic OH excluding ortho intramolecular Hbond substituents is 1. The third-order valence-corrected chi connectivity index (χ3v) is 3.27. The Morgan fingerprint density at radius 3 is 2.74 bits per heavy atom. The number of fused-ring (bicyclic) bond motifs is 1. The van der Waals surface area contributed by atoms with E-state index in [1.54, 1.807) is 12.1 Å². The lowest BCUT2D eigenvalue weighted by molar-refractivity contribution is -0.117. The van der Waals surface area contributed by atoms with E-state index in [1.165, 1.54) is 13.0 Å². The Labute approximate surface area is 137 Å². The fourth-order valence-electron chi connectivity index (χ4n) is 2.10. The van der Waals surface area contributed by atoms with Crippen molar-refractivity contribution >= 4 is 40.0 Å². The number of phenols is 1.